The Morgan fingerprint density at radius 1 is 1.54 bits per heavy atom. The number of rotatable bonds is 2. The molecule has 0 aliphatic rings. The number of halogens is 3. The number of benzene rings is 1. The lowest BCUT2D eigenvalue weighted by Gasteiger charge is -2.02. The molecule has 0 bridgehead atoms. The molecular weight excluding hydrogens is 198 g/mol. The van der Waals surface area contributed by atoms with Crippen molar-refractivity contribution in [3.8, 4) is 0 Å². The van der Waals surface area contributed by atoms with Gasteiger partial charge in [0.15, 0.2) is 18.3 Å². The molecule has 0 saturated carbocycles. The molecule has 1 nitrogen and oxygen atoms in total. The summed E-state index contributed by atoms with van der Waals surface area (Å²) in [6, 6.07) is 2.66. The minimum absolute atomic E-state index is 0.156. The van der Waals surface area contributed by atoms with Crippen molar-refractivity contribution in [2.45, 2.75) is 6.92 Å². The largest absolute Gasteiger partial charge is 0.291 e. The fourth-order valence-corrected chi connectivity index (χ4v) is 1.27. The molecule has 1 aromatic rings. The summed E-state index contributed by atoms with van der Waals surface area (Å²) in [6.07, 6.45) is 0. The number of hydrogen-bond acceptors (Lipinski definition) is 1. The van der Waals surface area contributed by atoms with E-state index < -0.39 is 18.3 Å². The van der Waals surface area contributed by atoms with Crippen LogP contribution in [-0.2, 0) is 0 Å². The molecule has 0 radical (unpaired) electrons. The molecule has 70 valence electrons. The van der Waals surface area contributed by atoms with Crippen molar-refractivity contribution >= 4 is 17.4 Å². The predicted molar refractivity (Wildman–Crippen MR) is 46.5 cm³/mol. The summed E-state index contributed by atoms with van der Waals surface area (Å²) in [4.78, 5) is 10.9. The topological polar surface area (TPSA) is 17.1 Å². The summed E-state index contributed by atoms with van der Waals surface area (Å²) in [5.41, 5.74) is 0.343. The Labute approximate surface area is 79.3 Å². The van der Waals surface area contributed by atoms with E-state index in [2.05, 4.69) is 0 Å². The molecule has 4 heteroatoms. The number of Topliss-reactive ketones (excluding diaryl/α,β-unsaturated/α-hetero) is 1. The van der Waals surface area contributed by atoms with Gasteiger partial charge < -0.3 is 0 Å². The third-order valence-electron chi connectivity index (χ3n) is 1.59. The molecule has 1 aromatic carbocycles. The van der Waals surface area contributed by atoms with Crippen LogP contribution in [-0.4, -0.2) is 12.5 Å². The van der Waals surface area contributed by atoms with Crippen LogP contribution >= 0.6 is 11.6 Å². The van der Waals surface area contributed by atoms with Crippen LogP contribution in [0.2, 0.25) is 5.02 Å². The number of carbonyl (C=O) groups excluding carboxylic acids is 1. The second-order valence-corrected chi connectivity index (χ2v) is 3.07. The van der Waals surface area contributed by atoms with Gasteiger partial charge in [0, 0.05) is 0 Å². The van der Waals surface area contributed by atoms with Crippen molar-refractivity contribution in [3.05, 3.63) is 34.1 Å². The molecular formula is C9H7ClF2O. The highest BCUT2D eigenvalue weighted by Gasteiger charge is 2.14. The average molecular weight is 205 g/mol. The normalized spacial score (nSPS) is 10.2. The standard InChI is InChI=1S/C9H7ClF2O/c1-5-2-6(8(13)4-11)9(12)7(10)3-5/h2-3H,4H2,1H3. The zero-order valence-electron chi connectivity index (χ0n) is 6.90. The zero-order valence-corrected chi connectivity index (χ0v) is 7.66. The highest BCUT2D eigenvalue weighted by molar-refractivity contribution is 6.31. The third-order valence-corrected chi connectivity index (χ3v) is 1.87. The average Bonchev–Trinajstić information content (AvgIpc) is 2.10. The SMILES string of the molecule is Cc1cc(Cl)c(F)c(C(=O)CF)c1. The van der Waals surface area contributed by atoms with Crippen molar-refractivity contribution in [3.63, 3.8) is 0 Å². The molecule has 1 rings (SSSR count). The number of carbonyl (C=O) groups is 1. The summed E-state index contributed by atoms with van der Waals surface area (Å²) in [5.74, 6) is -1.74. The van der Waals surface area contributed by atoms with Gasteiger partial charge in [-0.2, -0.15) is 0 Å². The van der Waals surface area contributed by atoms with Crippen LogP contribution in [0.5, 0.6) is 0 Å². The Hall–Kier alpha value is -0.960. The Morgan fingerprint density at radius 2 is 2.15 bits per heavy atom. The van der Waals surface area contributed by atoms with Gasteiger partial charge in [-0.1, -0.05) is 11.6 Å². The second kappa shape index (κ2) is 3.83. The highest BCUT2D eigenvalue weighted by atomic mass is 35.5. The number of ketones is 1. The van der Waals surface area contributed by atoms with Crippen LogP contribution in [0.1, 0.15) is 15.9 Å². The summed E-state index contributed by atoms with van der Waals surface area (Å²) >= 11 is 5.47. The van der Waals surface area contributed by atoms with Gasteiger partial charge in [0.1, 0.15) is 0 Å². The smallest absolute Gasteiger partial charge is 0.196 e. The molecule has 0 aliphatic carbocycles. The van der Waals surface area contributed by atoms with E-state index in [1.807, 2.05) is 0 Å². The lowest BCUT2D eigenvalue weighted by molar-refractivity contribution is 0.0954. The molecule has 0 fully saturated rings. The van der Waals surface area contributed by atoms with E-state index in [-0.39, 0.29) is 10.6 Å². The van der Waals surface area contributed by atoms with E-state index >= 15 is 0 Å². The summed E-state index contributed by atoms with van der Waals surface area (Å²) in [6.45, 7) is 0.442. The summed E-state index contributed by atoms with van der Waals surface area (Å²) in [7, 11) is 0. The van der Waals surface area contributed by atoms with Crippen LogP contribution < -0.4 is 0 Å². The summed E-state index contributed by atoms with van der Waals surface area (Å²) < 4.78 is 25.1. The van der Waals surface area contributed by atoms with Crippen LogP contribution in [0.3, 0.4) is 0 Å². The monoisotopic (exact) mass is 204 g/mol. The molecule has 0 atom stereocenters. The molecule has 0 spiro atoms. The lowest BCUT2D eigenvalue weighted by Crippen LogP contribution is -2.05. The Bertz CT molecular complexity index is 350. The lowest BCUT2D eigenvalue weighted by atomic mass is 10.1. The van der Waals surface area contributed by atoms with Crippen molar-refractivity contribution in [2.75, 3.05) is 6.67 Å². The first-order valence-corrected chi connectivity index (χ1v) is 3.99. The number of alkyl halides is 1. The van der Waals surface area contributed by atoms with E-state index in [1.165, 1.54) is 12.1 Å². The first-order valence-electron chi connectivity index (χ1n) is 3.61. The summed E-state index contributed by atoms with van der Waals surface area (Å²) in [5, 5.41) is -0.156. The molecule has 13 heavy (non-hydrogen) atoms. The first kappa shape index (κ1) is 10.1. The minimum Gasteiger partial charge on any atom is -0.291 e. The maximum atomic E-state index is 13.1. The van der Waals surface area contributed by atoms with Gasteiger partial charge in [0.2, 0.25) is 0 Å². The molecule has 0 saturated heterocycles. The van der Waals surface area contributed by atoms with Crippen LogP contribution in [0.25, 0.3) is 0 Å². The Morgan fingerprint density at radius 3 is 2.69 bits per heavy atom. The van der Waals surface area contributed by atoms with Crippen molar-refractivity contribution in [2.24, 2.45) is 0 Å². The van der Waals surface area contributed by atoms with E-state index in [0.717, 1.165) is 0 Å². The van der Waals surface area contributed by atoms with E-state index in [0.29, 0.717) is 5.56 Å². The van der Waals surface area contributed by atoms with Crippen LogP contribution in [0.4, 0.5) is 8.78 Å². The van der Waals surface area contributed by atoms with Gasteiger partial charge in [-0.25, -0.2) is 8.78 Å². The van der Waals surface area contributed by atoms with Gasteiger partial charge in [-0.05, 0) is 24.6 Å². The number of aryl methyl sites for hydroxylation is 1. The highest BCUT2D eigenvalue weighted by Crippen LogP contribution is 2.20. The minimum atomic E-state index is -1.21. The van der Waals surface area contributed by atoms with Gasteiger partial charge in [0.05, 0.1) is 10.6 Å². The number of hydrogen-bond donors (Lipinski definition) is 0. The van der Waals surface area contributed by atoms with Crippen LogP contribution in [0, 0.1) is 12.7 Å². The molecule has 0 aliphatic heterocycles. The Balaban J connectivity index is 3.28. The molecule has 0 aromatic heterocycles. The van der Waals surface area contributed by atoms with Gasteiger partial charge in [-0.3, -0.25) is 4.79 Å². The molecule has 0 amide bonds. The zero-order chi connectivity index (χ0) is 10.0. The molecule has 0 heterocycles. The van der Waals surface area contributed by atoms with Gasteiger partial charge in [-0.15, -0.1) is 0 Å². The predicted octanol–water partition coefficient (Wildman–Crippen LogP) is 2.94. The van der Waals surface area contributed by atoms with Gasteiger partial charge in [0.25, 0.3) is 0 Å². The van der Waals surface area contributed by atoms with Gasteiger partial charge >= 0.3 is 0 Å². The fourth-order valence-electron chi connectivity index (χ4n) is 0.999. The second-order valence-electron chi connectivity index (χ2n) is 2.67. The maximum absolute atomic E-state index is 13.1. The van der Waals surface area contributed by atoms with Crippen LogP contribution in [0.15, 0.2) is 12.1 Å². The van der Waals surface area contributed by atoms with Crippen molar-refractivity contribution in [1.82, 2.24) is 0 Å². The maximum Gasteiger partial charge on any atom is 0.196 e. The third kappa shape index (κ3) is 2.04. The van der Waals surface area contributed by atoms with E-state index in [1.54, 1.807) is 6.92 Å². The first-order chi connectivity index (χ1) is 6.06. The van der Waals surface area contributed by atoms with E-state index in [4.69, 9.17) is 11.6 Å². The van der Waals surface area contributed by atoms with Crippen molar-refractivity contribution in [1.29, 1.82) is 0 Å². The quantitative estimate of drug-likeness (QED) is 0.677. The fraction of sp³-hybridized carbons (Fsp3) is 0.222. The molecule has 0 N–H and O–H groups in total. The Kier molecular flexibility index (Phi) is 2.98. The van der Waals surface area contributed by atoms with E-state index in [9.17, 15) is 13.6 Å². The molecule has 0 unspecified atom stereocenters. The van der Waals surface area contributed by atoms with Crippen molar-refractivity contribution < 1.29 is 13.6 Å².